The van der Waals surface area contributed by atoms with Crippen molar-refractivity contribution < 1.29 is 14.3 Å². The summed E-state index contributed by atoms with van der Waals surface area (Å²) in [6, 6.07) is 3.97. The van der Waals surface area contributed by atoms with Crippen molar-refractivity contribution in [3.05, 3.63) is 29.6 Å². The number of carboxylic acids is 1. The highest BCUT2D eigenvalue weighted by Crippen LogP contribution is 2.30. The van der Waals surface area contributed by atoms with Gasteiger partial charge < -0.3 is 16.6 Å². The molecule has 0 aromatic heterocycles. The van der Waals surface area contributed by atoms with Crippen LogP contribution in [-0.4, -0.2) is 17.6 Å². The van der Waals surface area contributed by atoms with E-state index in [4.69, 9.17) is 11.5 Å². The van der Waals surface area contributed by atoms with Gasteiger partial charge in [0, 0.05) is 12.2 Å². The van der Waals surface area contributed by atoms with Gasteiger partial charge in [0.25, 0.3) is 0 Å². The molecular weight excluding hydrogens is 235 g/mol. The normalized spacial score (nSPS) is 14.2. The quantitative estimate of drug-likeness (QED) is 0.675. The van der Waals surface area contributed by atoms with Gasteiger partial charge in [-0.1, -0.05) is 13.3 Å². The number of hydrogen-bond donors (Lipinski definition) is 3. The summed E-state index contributed by atoms with van der Waals surface area (Å²) in [5.41, 5.74) is 11.2. The minimum atomic E-state index is -1.07. The fraction of sp³-hybridized carbons (Fsp3) is 0.462. The Hall–Kier alpha value is -1.62. The van der Waals surface area contributed by atoms with Crippen LogP contribution in [0.1, 0.15) is 25.3 Å². The Kier molecular flexibility index (Phi) is 4.67. The predicted octanol–water partition coefficient (Wildman–Crippen LogP) is 1.78. The maximum atomic E-state index is 13.2. The molecule has 1 atom stereocenters. The van der Waals surface area contributed by atoms with Gasteiger partial charge in [-0.15, -0.1) is 0 Å². The average molecular weight is 254 g/mol. The number of carbonyl (C=O) groups is 1. The van der Waals surface area contributed by atoms with Gasteiger partial charge in [0.05, 0.1) is 5.41 Å². The second-order valence-corrected chi connectivity index (χ2v) is 4.56. The second kappa shape index (κ2) is 5.82. The smallest absolute Gasteiger partial charge is 0.311 e. The summed E-state index contributed by atoms with van der Waals surface area (Å²) in [5.74, 6) is -1.39. The fourth-order valence-electron chi connectivity index (χ4n) is 2.10. The molecule has 0 heterocycles. The van der Waals surface area contributed by atoms with Gasteiger partial charge in [-0.3, -0.25) is 4.79 Å². The molecule has 0 aliphatic heterocycles. The number of aliphatic carboxylic acids is 1. The summed E-state index contributed by atoms with van der Waals surface area (Å²) < 4.78 is 13.2. The van der Waals surface area contributed by atoms with Crippen molar-refractivity contribution in [1.29, 1.82) is 0 Å². The minimum Gasteiger partial charge on any atom is -0.481 e. The first kappa shape index (κ1) is 14.4. The molecular formula is C13H19FN2O2. The Bertz CT molecular complexity index is 437. The molecule has 0 amide bonds. The van der Waals surface area contributed by atoms with Gasteiger partial charge in [0.1, 0.15) is 5.82 Å². The third kappa shape index (κ3) is 2.98. The molecule has 100 valence electrons. The Labute approximate surface area is 106 Å². The highest BCUT2D eigenvalue weighted by Gasteiger charge is 2.36. The first-order valence-corrected chi connectivity index (χ1v) is 5.92. The zero-order chi connectivity index (χ0) is 13.8. The van der Waals surface area contributed by atoms with Gasteiger partial charge >= 0.3 is 5.97 Å². The van der Waals surface area contributed by atoms with Crippen LogP contribution in [0.4, 0.5) is 10.1 Å². The van der Waals surface area contributed by atoms with Crippen molar-refractivity contribution in [2.75, 3.05) is 12.3 Å². The van der Waals surface area contributed by atoms with Crippen molar-refractivity contribution in [1.82, 2.24) is 0 Å². The van der Waals surface area contributed by atoms with E-state index in [0.29, 0.717) is 24.1 Å². The number of anilines is 1. The van der Waals surface area contributed by atoms with Crippen LogP contribution in [0.15, 0.2) is 18.2 Å². The van der Waals surface area contributed by atoms with Gasteiger partial charge in [-0.05, 0) is 36.6 Å². The van der Waals surface area contributed by atoms with Crippen molar-refractivity contribution in [3.63, 3.8) is 0 Å². The van der Waals surface area contributed by atoms with Gasteiger partial charge in [0.2, 0.25) is 0 Å². The number of benzene rings is 1. The highest BCUT2D eigenvalue weighted by atomic mass is 19.1. The Morgan fingerprint density at radius 3 is 2.67 bits per heavy atom. The molecule has 0 bridgehead atoms. The molecule has 18 heavy (non-hydrogen) atoms. The number of nitrogens with two attached hydrogens (primary N) is 2. The third-order valence-electron chi connectivity index (χ3n) is 3.21. The number of nitrogen functional groups attached to an aromatic ring is 1. The Morgan fingerprint density at radius 2 is 2.17 bits per heavy atom. The monoisotopic (exact) mass is 254 g/mol. The SMILES string of the molecule is CCCC(CN)(Cc1cc(F)ccc1N)C(=O)O. The standard InChI is InChI=1S/C13H19FN2O2/c1-2-5-13(8-15,12(17)18)7-9-6-10(14)3-4-11(9)16/h3-4,6H,2,5,7-8,15-16H2,1H3,(H,17,18). The molecule has 1 unspecified atom stereocenters. The van der Waals surface area contributed by atoms with E-state index >= 15 is 0 Å². The van der Waals surface area contributed by atoms with E-state index in [-0.39, 0.29) is 13.0 Å². The first-order valence-electron chi connectivity index (χ1n) is 5.92. The largest absolute Gasteiger partial charge is 0.481 e. The summed E-state index contributed by atoms with van der Waals surface area (Å²) in [7, 11) is 0. The molecule has 5 heteroatoms. The van der Waals surface area contributed by atoms with Crippen LogP contribution in [0.2, 0.25) is 0 Å². The van der Waals surface area contributed by atoms with Crippen LogP contribution in [0, 0.1) is 11.2 Å². The highest BCUT2D eigenvalue weighted by molar-refractivity contribution is 5.76. The molecule has 0 saturated heterocycles. The van der Waals surface area contributed by atoms with Crippen LogP contribution in [0.3, 0.4) is 0 Å². The molecule has 1 rings (SSSR count). The van der Waals surface area contributed by atoms with Crippen molar-refractivity contribution in [2.24, 2.45) is 11.1 Å². The van der Waals surface area contributed by atoms with Gasteiger partial charge in [-0.2, -0.15) is 0 Å². The van der Waals surface area contributed by atoms with E-state index < -0.39 is 17.2 Å². The van der Waals surface area contributed by atoms with Gasteiger partial charge in [0.15, 0.2) is 0 Å². The number of hydrogen-bond acceptors (Lipinski definition) is 3. The summed E-state index contributed by atoms with van der Waals surface area (Å²) in [5, 5.41) is 9.36. The fourth-order valence-corrected chi connectivity index (χ4v) is 2.10. The van der Waals surface area contributed by atoms with Crippen molar-refractivity contribution >= 4 is 11.7 Å². The first-order chi connectivity index (χ1) is 8.45. The van der Waals surface area contributed by atoms with Crippen LogP contribution in [0.25, 0.3) is 0 Å². The van der Waals surface area contributed by atoms with Crippen molar-refractivity contribution in [2.45, 2.75) is 26.2 Å². The van der Waals surface area contributed by atoms with Crippen LogP contribution in [-0.2, 0) is 11.2 Å². The molecule has 1 aromatic carbocycles. The zero-order valence-corrected chi connectivity index (χ0v) is 10.4. The maximum Gasteiger partial charge on any atom is 0.311 e. The van der Waals surface area contributed by atoms with E-state index in [1.54, 1.807) is 0 Å². The predicted molar refractivity (Wildman–Crippen MR) is 68.5 cm³/mol. The second-order valence-electron chi connectivity index (χ2n) is 4.56. The lowest BCUT2D eigenvalue weighted by molar-refractivity contribution is -0.148. The summed E-state index contributed by atoms with van der Waals surface area (Å²) >= 11 is 0. The minimum absolute atomic E-state index is 0.00608. The molecule has 0 aliphatic carbocycles. The summed E-state index contributed by atoms with van der Waals surface area (Å²) in [6.45, 7) is 1.90. The van der Waals surface area contributed by atoms with E-state index in [2.05, 4.69) is 0 Å². The molecule has 0 radical (unpaired) electrons. The molecule has 5 N–H and O–H groups in total. The summed E-state index contributed by atoms with van der Waals surface area (Å²) in [6.07, 6.45) is 1.28. The van der Waals surface area contributed by atoms with E-state index in [9.17, 15) is 14.3 Å². The Morgan fingerprint density at radius 1 is 1.50 bits per heavy atom. The molecule has 0 spiro atoms. The van der Waals surface area contributed by atoms with Gasteiger partial charge in [-0.25, -0.2) is 4.39 Å². The lowest BCUT2D eigenvalue weighted by Gasteiger charge is -2.28. The van der Waals surface area contributed by atoms with E-state index in [1.807, 2.05) is 6.92 Å². The number of rotatable bonds is 6. The number of carboxylic acid groups (broad SMARTS) is 1. The average Bonchev–Trinajstić information content (AvgIpc) is 2.32. The molecule has 1 aromatic rings. The molecule has 4 nitrogen and oxygen atoms in total. The summed E-state index contributed by atoms with van der Waals surface area (Å²) in [4.78, 5) is 11.4. The molecule has 0 saturated carbocycles. The van der Waals surface area contributed by atoms with Crippen LogP contribution < -0.4 is 11.5 Å². The lowest BCUT2D eigenvalue weighted by atomic mass is 9.77. The Balaban J connectivity index is 3.09. The number of halogens is 1. The lowest BCUT2D eigenvalue weighted by Crippen LogP contribution is -2.40. The molecule has 0 aliphatic rings. The van der Waals surface area contributed by atoms with Crippen LogP contribution in [0.5, 0.6) is 0 Å². The third-order valence-corrected chi connectivity index (χ3v) is 3.21. The maximum absolute atomic E-state index is 13.2. The van der Waals surface area contributed by atoms with Crippen LogP contribution >= 0.6 is 0 Å². The van der Waals surface area contributed by atoms with E-state index in [1.165, 1.54) is 18.2 Å². The van der Waals surface area contributed by atoms with E-state index in [0.717, 1.165) is 0 Å². The van der Waals surface area contributed by atoms with Crippen molar-refractivity contribution in [3.8, 4) is 0 Å². The topological polar surface area (TPSA) is 89.3 Å². The molecule has 0 fully saturated rings. The zero-order valence-electron chi connectivity index (χ0n) is 10.4.